The Hall–Kier alpha value is -3.08. The van der Waals surface area contributed by atoms with Crippen LogP contribution in [0.1, 0.15) is 0 Å². The molecule has 0 atom stereocenters. The minimum atomic E-state index is -0.573. The number of hydrogen-bond donors (Lipinski definition) is 2. The van der Waals surface area contributed by atoms with Crippen molar-refractivity contribution in [1.29, 1.82) is 0 Å². The molecule has 0 radical (unpaired) electrons. The van der Waals surface area contributed by atoms with Crippen molar-refractivity contribution in [3.8, 4) is 17.0 Å². The molecule has 2 aromatic carbocycles. The highest BCUT2D eigenvalue weighted by atomic mass is 16.5. The van der Waals surface area contributed by atoms with Crippen molar-refractivity contribution in [2.75, 3.05) is 7.05 Å². The maximum Gasteiger partial charge on any atom is 0.412 e. The summed E-state index contributed by atoms with van der Waals surface area (Å²) < 4.78 is 5.04. The topological polar surface area (TPSA) is 71.2 Å². The predicted octanol–water partition coefficient (Wildman–Crippen LogP) is 2.91. The third kappa shape index (κ3) is 2.69. The van der Waals surface area contributed by atoms with Crippen molar-refractivity contribution < 1.29 is 9.53 Å². The van der Waals surface area contributed by atoms with Crippen molar-refractivity contribution in [3.63, 3.8) is 0 Å². The molecule has 1 amide bonds. The second kappa shape index (κ2) is 5.73. The Kier molecular flexibility index (Phi) is 3.62. The highest BCUT2D eigenvalue weighted by molar-refractivity contribution is 5.86. The lowest BCUT2D eigenvalue weighted by Gasteiger charge is -2.06. The van der Waals surface area contributed by atoms with Gasteiger partial charge >= 0.3 is 6.09 Å². The minimum absolute atomic E-state index is 0.223. The SMILES string of the molecule is CNC(=O)Oc1ccc2cc(-c3ccccc3)[nH]c(=O)c2c1. The second-order valence-electron chi connectivity index (χ2n) is 4.77. The average molecular weight is 294 g/mol. The summed E-state index contributed by atoms with van der Waals surface area (Å²) in [5.74, 6) is 0.324. The molecule has 1 aromatic heterocycles. The normalized spacial score (nSPS) is 10.4. The van der Waals surface area contributed by atoms with Crippen molar-refractivity contribution in [2.24, 2.45) is 0 Å². The Morgan fingerprint density at radius 2 is 1.86 bits per heavy atom. The Morgan fingerprint density at radius 3 is 2.59 bits per heavy atom. The fraction of sp³-hybridized carbons (Fsp3) is 0.0588. The third-order valence-corrected chi connectivity index (χ3v) is 3.32. The molecule has 3 aromatic rings. The van der Waals surface area contributed by atoms with Crippen molar-refractivity contribution in [1.82, 2.24) is 10.3 Å². The molecule has 0 saturated carbocycles. The zero-order valence-corrected chi connectivity index (χ0v) is 11.9. The number of hydrogen-bond acceptors (Lipinski definition) is 3. The largest absolute Gasteiger partial charge is 0.412 e. The van der Waals surface area contributed by atoms with E-state index in [1.807, 2.05) is 36.4 Å². The first-order valence-corrected chi connectivity index (χ1v) is 6.79. The van der Waals surface area contributed by atoms with E-state index in [0.29, 0.717) is 11.1 Å². The number of ether oxygens (including phenoxy) is 1. The smallest absolute Gasteiger partial charge is 0.410 e. The summed E-state index contributed by atoms with van der Waals surface area (Å²) in [5.41, 5.74) is 1.46. The summed E-state index contributed by atoms with van der Waals surface area (Å²) in [6, 6.07) is 16.5. The summed E-state index contributed by atoms with van der Waals surface area (Å²) in [6.07, 6.45) is -0.573. The molecular weight excluding hydrogens is 280 g/mol. The maximum absolute atomic E-state index is 12.3. The van der Waals surface area contributed by atoms with Gasteiger partial charge in [-0.05, 0) is 29.1 Å². The van der Waals surface area contributed by atoms with Gasteiger partial charge in [0.15, 0.2) is 0 Å². The first-order valence-electron chi connectivity index (χ1n) is 6.79. The fourth-order valence-electron chi connectivity index (χ4n) is 2.23. The third-order valence-electron chi connectivity index (χ3n) is 3.32. The van der Waals surface area contributed by atoms with E-state index in [0.717, 1.165) is 16.6 Å². The maximum atomic E-state index is 12.3. The summed E-state index contributed by atoms with van der Waals surface area (Å²) in [5, 5.41) is 3.62. The second-order valence-corrected chi connectivity index (χ2v) is 4.77. The lowest BCUT2D eigenvalue weighted by Crippen LogP contribution is -2.22. The number of aromatic nitrogens is 1. The number of nitrogens with one attached hydrogen (secondary N) is 2. The fourth-order valence-corrected chi connectivity index (χ4v) is 2.23. The number of rotatable bonds is 2. The molecule has 5 heteroatoms. The highest BCUT2D eigenvalue weighted by Crippen LogP contribution is 2.22. The van der Waals surface area contributed by atoms with Gasteiger partial charge in [-0.15, -0.1) is 0 Å². The number of H-pyrrole nitrogens is 1. The van der Waals surface area contributed by atoms with Gasteiger partial charge in [0, 0.05) is 12.7 Å². The van der Waals surface area contributed by atoms with E-state index < -0.39 is 6.09 Å². The first kappa shape index (κ1) is 13.9. The number of aromatic amines is 1. The molecule has 110 valence electrons. The van der Waals surface area contributed by atoms with Crippen LogP contribution in [-0.4, -0.2) is 18.1 Å². The van der Waals surface area contributed by atoms with Gasteiger partial charge < -0.3 is 15.0 Å². The monoisotopic (exact) mass is 294 g/mol. The van der Waals surface area contributed by atoms with E-state index in [1.54, 1.807) is 18.2 Å². The molecule has 0 unspecified atom stereocenters. The van der Waals surface area contributed by atoms with E-state index in [1.165, 1.54) is 7.05 Å². The lowest BCUT2D eigenvalue weighted by molar-refractivity contribution is 0.203. The summed E-state index contributed by atoms with van der Waals surface area (Å²) in [4.78, 5) is 26.3. The van der Waals surface area contributed by atoms with Crippen LogP contribution in [0.5, 0.6) is 5.75 Å². The van der Waals surface area contributed by atoms with Gasteiger partial charge in [-0.25, -0.2) is 4.79 Å². The van der Waals surface area contributed by atoms with Gasteiger partial charge in [0.1, 0.15) is 5.75 Å². The number of carbonyl (C=O) groups excluding carboxylic acids is 1. The Morgan fingerprint density at radius 1 is 1.09 bits per heavy atom. The number of pyridine rings is 1. The lowest BCUT2D eigenvalue weighted by atomic mass is 10.1. The summed E-state index contributed by atoms with van der Waals surface area (Å²) in [7, 11) is 1.47. The number of carbonyl (C=O) groups is 1. The van der Waals surface area contributed by atoms with Crippen LogP contribution in [0.3, 0.4) is 0 Å². The quantitative estimate of drug-likeness (QED) is 0.763. The highest BCUT2D eigenvalue weighted by Gasteiger charge is 2.07. The van der Waals surface area contributed by atoms with Crippen LogP contribution in [0.4, 0.5) is 4.79 Å². The van der Waals surface area contributed by atoms with Gasteiger partial charge in [0.2, 0.25) is 0 Å². The Balaban J connectivity index is 2.07. The van der Waals surface area contributed by atoms with Gasteiger partial charge in [-0.3, -0.25) is 4.79 Å². The van der Waals surface area contributed by atoms with Crippen molar-refractivity contribution in [2.45, 2.75) is 0 Å². The number of benzene rings is 2. The van der Waals surface area contributed by atoms with Gasteiger partial charge in [-0.2, -0.15) is 0 Å². The standard InChI is InChI=1S/C17H14N2O3/c1-18-17(21)22-13-8-7-12-9-15(11-5-3-2-4-6-11)19-16(20)14(12)10-13/h2-10H,1H3,(H,18,21)(H,19,20). The van der Waals surface area contributed by atoms with Crippen LogP contribution >= 0.6 is 0 Å². The molecule has 0 bridgehead atoms. The Labute approximate surface area is 126 Å². The van der Waals surface area contributed by atoms with Crippen molar-refractivity contribution in [3.05, 3.63) is 65.0 Å². The van der Waals surface area contributed by atoms with Crippen LogP contribution in [0.2, 0.25) is 0 Å². The van der Waals surface area contributed by atoms with Crippen LogP contribution < -0.4 is 15.6 Å². The molecule has 2 N–H and O–H groups in total. The van der Waals surface area contributed by atoms with E-state index in [-0.39, 0.29) is 5.56 Å². The molecule has 3 rings (SSSR count). The molecule has 0 fully saturated rings. The summed E-state index contributed by atoms with van der Waals surface area (Å²) >= 11 is 0. The van der Waals surface area contributed by atoms with Crippen molar-refractivity contribution >= 4 is 16.9 Å². The predicted molar refractivity (Wildman–Crippen MR) is 85.1 cm³/mol. The van der Waals surface area contributed by atoms with Crippen LogP contribution in [0, 0.1) is 0 Å². The van der Waals surface area contributed by atoms with Gasteiger partial charge in [0.25, 0.3) is 5.56 Å². The zero-order valence-electron chi connectivity index (χ0n) is 11.9. The molecule has 1 heterocycles. The van der Waals surface area contributed by atoms with Crippen LogP contribution in [0.15, 0.2) is 59.4 Å². The first-order chi connectivity index (χ1) is 10.7. The molecule has 0 aliphatic carbocycles. The van der Waals surface area contributed by atoms with Gasteiger partial charge in [-0.1, -0.05) is 36.4 Å². The van der Waals surface area contributed by atoms with Gasteiger partial charge in [0.05, 0.1) is 5.39 Å². The average Bonchev–Trinajstić information content (AvgIpc) is 2.56. The molecule has 0 aliphatic heterocycles. The van der Waals surface area contributed by atoms with E-state index >= 15 is 0 Å². The molecule has 22 heavy (non-hydrogen) atoms. The van der Waals surface area contributed by atoms with E-state index in [4.69, 9.17) is 4.74 Å². The molecule has 0 saturated heterocycles. The Bertz CT molecular complexity index is 885. The number of fused-ring (bicyclic) bond motifs is 1. The van der Waals surface area contributed by atoms with E-state index in [2.05, 4.69) is 10.3 Å². The zero-order chi connectivity index (χ0) is 15.5. The van der Waals surface area contributed by atoms with Crippen LogP contribution in [-0.2, 0) is 0 Å². The molecule has 5 nitrogen and oxygen atoms in total. The van der Waals surface area contributed by atoms with E-state index in [9.17, 15) is 9.59 Å². The number of amides is 1. The molecular formula is C17H14N2O3. The van der Waals surface area contributed by atoms with Crippen LogP contribution in [0.25, 0.3) is 22.0 Å². The minimum Gasteiger partial charge on any atom is -0.410 e. The molecule has 0 aliphatic rings. The summed E-state index contributed by atoms with van der Waals surface area (Å²) in [6.45, 7) is 0. The molecule has 0 spiro atoms.